The Balaban J connectivity index is 2.06. The third kappa shape index (κ3) is 5.53. The summed E-state index contributed by atoms with van der Waals surface area (Å²) in [6.45, 7) is 6.01. The largest absolute Gasteiger partial charge is 0.350 e. The number of halogens is 1. The van der Waals surface area contributed by atoms with E-state index in [1.165, 1.54) is 12.1 Å². The smallest absolute Gasteiger partial charge is 0.270 e. The summed E-state index contributed by atoms with van der Waals surface area (Å²) in [7, 11) is 0. The average Bonchev–Trinajstić information content (AvgIpc) is 3.11. The second kappa shape index (κ2) is 9.32. The number of amides is 2. The van der Waals surface area contributed by atoms with Crippen LogP contribution in [0.1, 0.15) is 31.1 Å². The van der Waals surface area contributed by atoms with Gasteiger partial charge >= 0.3 is 0 Å². The van der Waals surface area contributed by atoms with E-state index in [-0.39, 0.29) is 34.1 Å². The van der Waals surface area contributed by atoms with Crippen LogP contribution in [0, 0.1) is 16.0 Å². The molecule has 0 bridgehead atoms. The number of nitrogens with one attached hydrogen (secondary N) is 2. The van der Waals surface area contributed by atoms with Crippen molar-refractivity contribution in [2.24, 2.45) is 5.92 Å². The van der Waals surface area contributed by atoms with Gasteiger partial charge in [-0.25, -0.2) is 4.98 Å². The third-order valence-corrected chi connectivity index (χ3v) is 4.39. The van der Waals surface area contributed by atoms with Gasteiger partial charge in [0, 0.05) is 37.1 Å². The maximum absolute atomic E-state index is 12.6. The van der Waals surface area contributed by atoms with E-state index in [1.807, 2.05) is 25.3 Å². The maximum atomic E-state index is 12.6. The van der Waals surface area contributed by atoms with Gasteiger partial charge < -0.3 is 15.2 Å². The Morgan fingerprint density at radius 2 is 2.00 bits per heavy atom. The van der Waals surface area contributed by atoms with Crippen LogP contribution in [0.4, 0.5) is 5.69 Å². The second-order valence-corrected chi connectivity index (χ2v) is 7.19. The average molecular weight is 408 g/mol. The minimum Gasteiger partial charge on any atom is -0.350 e. The molecule has 0 aliphatic heterocycles. The summed E-state index contributed by atoms with van der Waals surface area (Å²) < 4.78 is 1.84. The summed E-state index contributed by atoms with van der Waals surface area (Å²) in [4.78, 5) is 39.3. The van der Waals surface area contributed by atoms with Crippen LogP contribution < -0.4 is 10.6 Å². The van der Waals surface area contributed by atoms with Crippen LogP contribution >= 0.6 is 11.6 Å². The van der Waals surface area contributed by atoms with Gasteiger partial charge in [0.25, 0.3) is 11.6 Å². The first-order chi connectivity index (χ1) is 13.2. The fourth-order valence-electron chi connectivity index (χ4n) is 2.64. The Bertz CT molecular complexity index is 854. The quantitative estimate of drug-likeness (QED) is 0.514. The Morgan fingerprint density at radius 3 is 2.54 bits per heavy atom. The molecule has 2 aromatic rings. The lowest BCUT2D eigenvalue weighted by Gasteiger charge is -2.24. The molecule has 0 radical (unpaired) electrons. The molecule has 2 amide bonds. The zero-order valence-corrected chi connectivity index (χ0v) is 16.5. The summed E-state index contributed by atoms with van der Waals surface area (Å²) in [5.74, 6) is -1.08. The molecule has 10 heteroatoms. The number of nitro groups is 1. The molecule has 28 heavy (non-hydrogen) atoms. The van der Waals surface area contributed by atoms with E-state index in [2.05, 4.69) is 15.6 Å². The fourth-order valence-corrected chi connectivity index (χ4v) is 2.91. The highest BCUT2D eigenvalue weighted by Gasteiger charge is 2.27. The summed E-state index contributed by atoms with van der Waals surface area (Å²) >= 11 is 6.00. The van der Waals surface area contributed by atoms with Crippen LogP contribution in [0.2, 0.25) is 5.02 Å². The molecular formula is C18H22ClN5O4. The van der Waals surface area contributed by atoms with Crippen LogP contribution in [-0.2, 0) is 11.3 Å². The number of carbonyl (C=O) groups is 2. The predicted molar refractivity (Wildman–Crippen MR) is 104 cm³/mol. The van der Waals surface area contributed by atoms with Gasteiger partial charge in [0.2, 0.25) is 5.91 Å². The number of benzene rings is 1. The zero-order valence-electron chi connectivity index (χ0n) is 15.8. The minimum absolute atomic E-state index is 0.0527. The number of carbonyl (C=O) groups excluding carboxylic acids is 2. The molecule has 2 N–H and O–H groups in total. The monoisotopic (exact) mass is 407 g/mol. The maximum Gasteiger partial charge on any atom is 0.270 e. The number of imidazole rings is 1. The van der Waals surface area contributed by atoms with E-state index < -0.39 is 16.9 Å². The lowest BCUT2D eigenvalue weighted by molar-refractivity contribution is -0.384. The molecule has 2 rings (SSSR count). The number of hydrogen-bond donors (Lipinski definition) is 2. The summed E-state index contributed by atoms with van der Waals surface area (Å²) in [5.41, 5.74) is -0.148. The highest BCUT2D eigenvalue weighted by Crippen LogP contribution is 2.22. The summed E-state index contributed by atoms with van der Waals surface area (Å²) in [6.07, 6.45) is 5.10. The molecule has 0 aliphatic rings. The molecule has 0 aliphatic carbocycles. The molecule has 150 valence electrons. The summed E-state index contributed by atoms with van der Waals surface area (Å²) in [5, 5.41) is 16.3. The first-order valence-electron chi connectivity index (χ1n) is 8.70. The van der Waals surface area contributed by atoms with Gasteiger partial charge in [-0.1, -0.05) is 25.4 Å². The Kier molecular flexibility index (Phi) is 7.11. The Morgan fingerprint density at radius 1 is 1.29 bits per heavy atom. The molecule has 1 aromatic heterocycles. The molecule has 0 fully saturated rings. The van der Waals surface area contributed by atoms with Crippen LogP contribution in [0.15, 0.2) is 36.9 Å². The number of nitro benzene ring substituents is 1. The molecule has 0 unspecified atom stereocenters. The van der Waals surface area contributed by atoms with Crippen molar-refractivity contribution in [2.45, 2.75) is 39.4 Å². The fraction of sp³-hybridized carbons (Fsp3) is 0.389. The van der Waals surface area contributed by atoms with E-state index in [0.29, 0.717) is 6.54 Å². The molecule has 1 heterocycles. The molecule has 0 saturated heterocycles. The van der Waals surface area contributed by atoms with Gasteiger partial charge in [0.15, 0.2) is 0 Å². The van der Waals surface area contributed by atoms with Crippen molar-refractivity contribution >= 4 is 29.1 Å². The number of hydrogen-bond acceptors (Lipinski definition) is 5. The normalized spacial score (nSPS) is 13.0. The lowest BCUT2D eigenvalue weighted by atomic mass is 10.0. The third-order valence-electron chi connectivity index (χ3n) is 4.08. The SMILES string of the molecule is CC(C)[C@@H](NC(=O)c1ccc([N+](=O)[O-])cc1Cl)C(=O)N[C@@H](C)Cn1ccnc1. The van der Waals surface area contributed by atoms with Crippen LogP contribution in [0.3, 0.4) is 0 Å². The van der Waals surface area contributed by atoms with Gasteiger partial charge in [-0.15, -0.1) is 0 Å². The topological polar surface area (TPSA) is 119 Å². The Hall–Kier alpha value is -2.94. The molecular weight excluding hydrogens is 386 g/mol. The van der Waals surface area contributed by atoms with Crippen molar-refractivity contribution in [3.05, 3.63) is 57.6 Å². The van der Waals surface area contributed by atoms with Gasteiger partial charge in [0.1, 0.15) is 6.04 Å². The van der Waals surface area contributed by atoms with Crippen molar-refractivity contribution in [3.63, 3.8) is 0 Å². The highest BCUT2D eigenvalue weighted by molar-refractivity contribution is 6.34. The van der Waals surface area contributed by atoms with Crippen LogP contribution in [0.5, 0.6) is 0 Å². The van der Waals surface area contributed by atoms with E-state index in [4.69, 9.17) is 11.6 Å². The number of non-ortho nitro benzene ring substituents is 1. The van der Waals surface area contributed by atoms with Crippen molar-refractivity contribution in [2.75, 3.05) is 0 Å². The molecule has 0 spiro atoms. The first kappa shape index (κ1) is 21.4. The zero-order chi connectivity index (χ0) is 20.8. The van der Waals surface area contributed by atoms with E-state index >= 15 is 0 Å². The van der Waals surface area contributed by atoms with Crippen LogP contribution in [0.25, 0.3) is 0 Å². The molecule has 0 saturated carbocycles. The number of aromatic nitrogens is 2. The predicted octanol–water partition coefficient (Wildman–Crippen LogP) is 2.40. The van der Waals surface area contributed by atoms with Gasteiger partial charge in [-0.05, 0) is 18.9 Å². The highest BCUT2D eigenvalue weighted by atomic mass is 35.5. The first-order valence-corrected chi connectivity index (χ1v) is 9.07. The van der Waals surface area contributed by atoms with Crippen LogP contribution in [-0.4, -0.2) is 38.4 Å². The lowest BCUT2D eigenvalue weighted by Crippen LogP contribution is -2.52. The second-order valence-electron chi connectivity index (χ2n) is 6.79. The molecule has 2 atom stereocenters. The van der Waals surface area contributed by atoms with Gasteiger partial charge in [-0.2, -0.15) is 0 Å². The van der Waals surface area contributed by atoms with E-state index in [9.17, 15) is 19.7 Å². The number of nitrogens with zero attached hydrogens (tertiary/aromatic N) is 3. The van der Waals surface area contributed by atoms with E-state index in [1.54, 1.807) is 18.7 Å². The van der Waals surface area contributed by atoms with Crippen molar-refractivity contribution in [1.29, 1.82) is 0 Å². The van der Waals surface area contributed by atoms with E-state index in [0.717, 1.165) is 6.07 Å². The van der Waals surface area contributed by atoms with Crippen molar-refractivity contribution in [1.82, 2.24) is 20.2 Å². The molecule has 9 nitrogen and oxygen atoms in total. The van der Waals surface area contributed by atoms with Gasteiger partial charge in [-0.3, -0.25) is 19.7 Å². The van der Waals surface area contributed by atoms with Crippen molar-refractivity contribution < 1.29 is 14.5 Å². The Labute approximate surface area is 167 Å². The van der Waals surface area contributed by atoms with Gasteiger partial charge in [0.05, 0.1) is 21.8 Å². The standard InChI is InChI=1S/C18H22ClN5O4/c1-11(2)16(18(26)21-12(3)9-23-7-6-20-10-23)22-17(25)14-5-4-13(24(27)28)8-15(14)19/h4-8,10-12,16H,9H2,1-3H3,(H,21,26)(H,22,25)/t12-,16+/m0/s1. The summed E-state index contributed by atoms with van der Waals surface area (Å²) in [6, 6.07) is 2.60. The molecule has 1 aromatic carbocycles. The van der Waals surface area contributed by atoms with Crippen molar-refractivity contribution in [3.8, 4) is 0 Å². The minimum atomic E-state index is -0.788. The number of rotatable bonds is 8.